The number of aliphatic hydroxyl groups excluding tert-OH is 1. The molecule has 20 heavy (non-hydrogen) atoms. The first-order valence-electron chi connectivity index (χ1n) is 7.08. The minimum Gasteiger partial charge on any atom is -0.383 e. The zero-order valence-corrected chi connectivity index (χ0v) is 11.7. The smallest absolute Gasteiger partial charge is 0.383 e. The molecule has 0 aromatic carbocycles. The summed E-state index contributed by atoms with van der Waals surface area (Å²) in [6.07, 6.45) is -4.34. The molecule has 1 atom stereocenters. The summed E-state index contributed by atoms with van der Waals surface area (Å²) in [5.41, 5.74) is 0. The Morgan fingerprint density at radius 3 is 2.50 bits per heavy atom. The second-order valence-corrected chi connectivity index (χ2v) is 5.30. The monoisotopic (exact) mass is 296 g/mol. The number of hydrogen-bond acceptors (Lipinski definition) is 3. The number of alkyl halides is 3. The molecule has 2 N–H and O–H groups in total. The summed E-state index contributed by atoms with van der Waals surface area (Å²) in [5, 5.41) is 12.0. The topological polar surface area (TPSA) is 52.6 Å². The summed E-state index contributed by atoms with van der Waals surface area (Å²) in [6, 6.07) is 0. The highest BCUT2D eigenvalue weighted by Gasteiger charge is 2.44. The highest BCUT2D eigenvalue weighted by atomic mass is 19.4. The molecule has 0 aromatic heterocycles. The van der Waals surface area contributed by atoms with Gasteiger partial charge >= 0.3 is 6.18 Å². The van der Waals surface area contributed by atoms with Crippen molar-refractivity contribution in [2.24, 2.45) is 5.92 Å². The van der Waals surface area contributed by atoms with E-state index in [1.54, 1.807) is 0 Å². The van der Waals surface area contributed by atoms with Gasteiger partial charge in [0, 0.05) is 6.54 Å². The Balaban J connectivity index is 2.27. The number of likely N-dealkylation sites (tertiary alicyclic amines) is 1. The lowest BCUT2D eigenvalue weighted by Gasteiger charge is -2.34. The standard InChI is InChI=1S/C13H23F3N2O2/c1-2-3-6-17-11(19)9-18-7-4-10(5-8-18)12(20)13(14,15)16/h10,12,20H,2-9H2,1H3,(H,17,19). The third-order valence-corrected chi connectivity index (χ3v) is 3.63. The first-order chi connectivity index (χ1) is 9.34. The molecule has 0 saturated carbocycles. The van der Waals surface area contributed by atoms with Gasteiger partial charge in [-0.1, -0.05) is 13.3 Å². The van der Waals surface area contributed by atoms with E-state index < -0.39 is 18.2 Å². The number of carbonyl (C=O) groups is 1. The van der Waals surface area contributed by atoms with Gasteiger partial charge in [0.2, 0.25) is 5.91 Å². The number of amides is 1. The number of unbranched alkanes of at least 4 members (excludes halogenated alkanes) is 1. The van der Waals surface area contributed by atoms with Crippen molar-refractivity contribution in [1.82, 2.24) is 10.2 Å². The normalized spacial score (nSPS) is 19.9. The number of nitrogens with zero attached hydrogens (tertiary/aromatic N) is 1. The molecule has 4 nitrogen and oxygen atoms in total. The van der Waals surface area contributed by atoms with Crippen LogP contribution in [-0.4, -0.2) is 54.4 Å². The van der Waals surface area contributed by atoms with Crippen molar-refractivity contribution in [3.8, 4) is 0 Å². The number of halogens is 3. The van der Waals surface area contributed by atoms with Crippen molar-refractivity contribution in [3.05, 3.63) is 0 Å². The molecule has 1 saturated heterocycles. The van der Waals surface area contributed by atoms with E-state index in [0.717, 1.165) is 12.8 Å². The second-order valence-electron chi connectivity index (χ2n) is 5.30. The highest BCUT2D eigenvalue weighted by Crippen LogP contribution is 2.31. The zero-order chi connectivity index (χ0) is 15.2. The van der Waals surface area contributed by atoms with Crippen LogP contribution in [0, 0.1) is 5.92 Å². The van der Waals surface area contributed by atoms with Crippen LogP contribution in [0.15, 0.2) is 0 Å². The van der Waals surface area contributed by atoms with Crippen LogP contribution in [-0.2, 0) is 4.79 Å². The van der Waals surface area contributed by atoms with Crippen LogP contribution in [0.25, 0.3) is 0 Å². The fraction of sp³-hybridized carbons (Fsp3) is 0.923. The third-order valence-electron chi connectivity index (χ3n) is 3.63. The SMILES string of the molecule is CCCCNC(=O)CN1CCC(C(O)C(F)(F)F)CC1. The quantitative estimate of drug-likeness (QED) is 0.731. The van der Waals surface area contributed by atoms with Crippen LogP contribution in [0.1, 0.15) is 32.6 Å². The van der Waals surface area contributed by atoms with Gasteiger partial charge in [0.25, 0.3) is 0 Å². The van der Waals surface area contributed by atoms with E-state index in [0.29, 0.717) is 19.6 Å². The summed E-state index contributed by atoms with van der Waals surface area (Å²) < 4.78 is 37.2. The fourth-order valence-corrected chi connectivity index (χ4v) is 2.36. The first-order valence-corrected chi connectivity index (χ1v) is 7.08. The molecule has 0 spiro atoms. The van der Waals surface area contributed by atoms with E-state index in [2.05, 4.69) is 5.32 Å². The van der Waals surface area contributed by atoms with E-state index in [1.807, 2.05) is 11.8 Å². The molecule has 1 rings (SSSR count). The summed E-state index contributed by atoms with van der Waals surface area (Å²) >= 11 is 0. The summed E-state index contributed by atoms with van der Waals surface area (Å²) in [4.78, 5) is 13.4. The van der Waals surface area contributed by atoms with Gasteiger partial charge in [0.05, 0.1) is 6.54 Å². The average molecular weight is 296 g/mol. The number of piperidine rings is 1. The maximum Gasteiger partial charge on any atom is 0.414 e. The van der Waals surface area contributed by atoms with Gasteiger partial charge in [-0.05, 0) is 38.3 Å². The largest absolute Gasteiger partial charge is 0.414 e. The Bertz CT molecular complexity index is 302. The van der Waals surface area contributed by atoms with Crippen molar-refractivity contribution in [2.75, 3.05) is 26.2 Å². The Hall–Kier alpha value is -0.820. The highest BCUT2D eigenvalue weighted by molar-refractivity contribution is 5.77. The van der Waals surface area contributed by atoms with Gasteiger partial charge in [0.1, 0.15) is 0 Å². The van der Waals surface area contributed by atoms with E-state index >= 15 is 0 Å². The Labute approximate surface area is 117 Å². The summed E-state index contributed by atoms with van der Waals surface area (Å²) in [7, 11) is 0. The van der Waals surface area contributed by atoms with Gasteiger partial charge in [-0.3, -0.25) is 9.69 Å². The van der Waals surface area contributed by atoms with E-state index in [4.69, 9.17) is 0 Å². The number of carbonyl (C=O) groups excluding carboxylic acids is 1. The van der Waals surface area contributed by atoms with Crippen LogP contribution in [0.5, 0.6) is 0 Å². The lowest BCUT2D eigenvalue weighted by molar-refractivity contribution is -0.223. The predicted octanol–water partition coefficient (Wildman–Crippen LogP) is 1.54. The van der Waals surface area contributed by atoms with E-state index in [-0.39, 0.29) is 25.3 Å². The maximum absolute atomic E-state index is 12.4. The van der Waals surface area contributed by atoms with Crippen molar-refractivity contribution in [1.29, 1.82) is 0 Å². The number of rotatable bonds is 6. The molecule has 0 aliphatic carbocycles. The molecular formula is C13H23F3N2O2. The summed E-state index contributed by atoms with van der Waals surface area (Å²) in [6.45, 7) is 3.72. The van der Waals surface area contributed by atoms with Gasteiger partial charge in [-0.2, -0.15) is 13.2 Å². The molecule has 1 fully saturated rings. The molecule has 1 amide bonds. The molecule has 1 heterocycles. The lowest BCUT2D eigenvalue weighted by atomic mass is 9.91. The lowest BCUT2D eigenvalue weighted by Crippen LogP contribution is -2.46. The third kappa shape index (κ3) is 5.66. The van der Waals surface area contributed by atoms with Crippen LogP contribution in [0.2, 0.25) is 0 Å². The zero-order valence-electron chi connectivity index (χ0n) is 11.7. The Kier molecular flexibility index (Phi) is 6.75. The number of nitrogens with one attached hydrogen (secondary N) is 1. The first kappa shape index (κ1) is 17.2. The van der Waals surface area contributed by atoms with Crippen molar-refractivity contribution in [3.63, 3.8) is 0 Å². The summed E-state index contributed by atoms with van der Waals surface area (Å²) in [5.74, 6) is -0.845. The van der Waals surface area contributed by atoms with E-state index in [1.165, 1.54) is 0 Å². The van der Waals surface area contributed by atoms with Crippen LogP contribution in [0.4, 0.5) is 13.2 Å². The van der Waals surface area contributed by atoms with Gasteiger partial charge in [-0.25, -0.2) is 0 Å². The van der Waals surface area contributed by atoms with Gasteiger partial charge in [-0.15, -0.1) is 0 Å². The Morgan fingerprint density at radius 2 is 2.00 bits per heavy atom. The van der Waals surface area contributed by atoms with Gasteiger partial charge in [0.15, 0.2) is 6.10 Å². The molecule has 1 aliphatic heterocycles. The molecule has 7 heteroatoms. The number of aliphatic hydroxyl groups is 1. The molecule has 118 valence electrons. The van der Waals surface area contributed by atoms with Gasteiger partial charge < -0.3 is 10.4 Å². The van der Waals surface area contributed by atoms with Crippen molar-refractivity contribution < 1.29 is 23.1 Å². The van der Waals surface area contributed by atoms with Crippen molar-refractivity contribution in [2.45, 2.75) is 44.9 Å². The van der Waals surface area contributed by atoms with Crippen LogP contribution in [0.3, 0.4) is 0 Å². The molecule has 0 radical (unpaired) electrons. The predicted molar refractivity (Wildman–Crippen MR) is 69.1 cm³/mol. The van der Waals surface area contributed by atoms with Crippen molar-refractivity contribution >= 4 is 5.91 Å². The molecule has 1 aliphatic rings. The minimum absolute atomic E-state index is 0.0896. The molecule has 0 aromatic rings. The fourth-order valence-electron chi connectivity index (χ4n) is 2.36. The molecule has 0 bridgehead atoms. The second kappa shape index (κ2) is 7.83. The number of hydrogen-bond donors (Lipinski definition) is 2. The molecule has 1 unspecified atom stereocenters. The molecular weight excluding hydrogens is 273 g/mol. The maximum atomic E-state index is 12.4. The Morgan fingerprint density at radius 1 is 1.40 bits per heavy atom. The van der Waals surface area contributed by atoms with Crippen LogP contribution < -0.4 is 5.32 Å². The minimum atomic E-state index is -4.55. The average Bonchev–Trinajstić information content (AvgIpc) is 2.38. The van der Waals surface area contributed by atoms with E-state index in [9.17, 15) is 23.1 Å². The van der Waals surface area contributed by atoms with Crippen LogP contribution >= 0.6 is 0 Å².